The number of hydrogen-bond acceptors (Lipinski definition) is 8. The standard InChI is InChI=1S/C28H30F2N6O2S/c1-15-7-16(8-22(31)26(15)39)19-5-6-32-12-24(19)34-27-33-11-18-3-4-23(35-36(18)27)25-20(29)9-17(10-21(25)30)28(37-2)13-38-14-28/h3-6,9-12,15-16,22,26,39H,7-8,13-14,31H2,1-2H3,(H,33,34)/t15-,16+,22+,26+/m0/s1. The van der Waals surface area contributed by atoms with Gasteiger partial charge in [0.1, 0.15) is 17.2 Å². The number of imidazole rings is 1. The summed E-state index contributed by atoms with van der Waals surface area (Å²) < 4.78 is 42.9. The first-order valence-electron chi connectivity index (χ1n) is 12.9. The van der Waals surface area contributed by atoms with Gasteiger partial charge in [-0.1, -0.05) is 6.92 Å². The minimum atomic E-state index is -0.839. The van der Waals surface area contributed by atoms with Crippen molar-refractivity contribution in [2.24, 2.45) is 11.7 Å². The first kappa shape index (κ1) is 26.1. The molecule has 0 unspecified atom stereocenters. The maximum Gasteiger partial charge on any atom is 0.229 e. The molecule has 39 heavy (non-hydrogen) atoms. The lowest BCUT2D eigenvalue weighted by molar-refractivity contribution is -0.202. The predicted molar refractivity (Wildman–Crippen MR) is 147 cm³/mol. The Morgan fingerprint density at radius 3 is 2.59 bits per heavy atom. The number of fused-ring (bicyclic) bond motifs is 1. The number of thiol groups is 1. The quantitative estimate of drug-likeness (QED) is 0.295. The van der Waals surface area contributed by atoms with Gasteiger partial charge in [-0.15, -0.1) is 0 Å². The summed E-state index contributed by atoms with van der Waals surface area (Å²) in [6, 6.07) is 7.86. The molecule has 1 saturated carbocycles. The first-order valence-corrected chi connectivity index (χ1v) is 13.4. The Hall–Kier alpha value is -3.12. The average Bonchev–Trinajstić information content (AvgIpc) is 3.28. The summed E-state index contributed by atoms with van der Waals surface area (Å²) in [7, 11) is 1.50. The number of nitrogens with one attached hydrogen (secondary N) is 1. The van der Waals surface area contributed by atoms with Gasteiger partial charge in [0.2, 0.25) is 5.95 Å². The topological polar surface area (TPSA) is 99.6 Å². The van der Waals surface area contributed by atoms with Crippen LogP contribution in [0.4, 0.5) is 20.4 Å². The molecule has 4 heterocycles. The van der Waals surface area contributed by atoms with E-state index < -0.39 is 17.2 Å². The number of methoxy groups -OCH3 is 1. The summed E-state index contributed by atoms with van der Waals surface area (Å²) >= 11 is 4.69. The van der Waals surface area contributed by atoms with Gasteiger partial charge < -0.3 is 20.5 Å². The molecular weight excluding hydrogens is 522 g/mol. The lowest BCUT2D eigenvalue weighted by Crippen LogP contribution is -2.48. The van der Waals surface area contributed by atoms with Gasteiger partial charge in [-0.2, -0.15) is 22.2 Å². The molecule has 0 amide bonds. The lowest BCUT2D eigenvalue weighted by atomic mass is 9.76. The van der Waals surface area contributed by atoms with Gasteiger partial charge in [0.05, 0.1) is 48.1 Å². The fourth-order valence-corrected chi connectivity index (χ4v) is 5.93. The van der Waals surface area contributed by atoms with Crippen LogP contribution in [-0.2, 0) is 15.1 Å². The molecule has 4 aromatic rings. The summed E-state index contributed by atoms with van der Waals surface area (Å²) in [5.74, 6) is -0.448. The van der Waals surface area contributed by atoms with E-state index in [1.165, 1.54) is 23.8 Å². The highest BCUT2D eigenvalue weighted by molar-refractivity contribution is 7.81. The zero-order valence-corrected chi connectivity index (χ0v) is 22.5. The maximum atomic E-state index is 15.3. The second-order valence-corrected chi connectivity index (χ2v) is 11.1. The normalized spacial score (nSPS) is 24.5. The number of aromatic nitrogens is 4. The van der Waals surface area contributed by atoms with Gasteiger partial charge in [0.15, 0.2) is 0 Å². The molecule has 3 aromatic heterocycles. The summed E-state index contributed by atoms with van der Waals surface area (Å²) in [5.41, 5.74) is 8.40. The molecule has 1 aliphatic carbocycles. The lowest BCUT2D eigenvalue weighted by Gasteiger charge is -2.40. The molecular formula is C28H30F2N6O2S. The van der Waals surface area contributed by atoms with Crippen molar-refractivity contribution in [1.82, 2.24) is 19.6 Å². The largest absolute Gasteiger partial charge is 0.375 e. The van der Waals surface area contributed by atoms with Gasteiger partial charge in [-0.25, -0.2) is 13.8 Å². The average molecular weight is 553 g/mol. The van der Waals surface area contributed by atoms with Crippen molar-refractivity contribution in [3.05, 3.63) is 71.7 Å². The van der Waals surface area contributed by atoms with Gasteiger partial charge in [-0.05, 0) is 66.1 Å². The Balaban J connectivity index is 1.34. The number of nitrogens with zero attached hydrogens (tertiary/aromatic N) is 4. The van der Waals surface area contributed by atoms with Gasteiger partial charge in [-0.3, -0.25) is 4.98 Å². The number of nitrogens with two attached hydrogens (primary N) is 1. The Bertz CT molecular complexity index is 1490. The predicted octanol–water partition coefficient (Wildman–Crippen LogP) is 4.82. The Labute approximate surface area is 230 Å². The molecule has 6 rings (SSSR count). The van der Waals surface area contributed by atoms with Crippen molar-refractivity contribution in [2.45, 2.75) is 42.6 Å². The van der Waals surface area contributed by atoms with E-state index in [9.17, 15) is 0 Å². The maximum absolute atomic E-state index is 15.3. The van der Waals surface area contributed by atoms with Crippen LogP contribution in [-0.4, -0.2) is 51.2 Å². The van der Waals surface area contributed by atoms with Gasteiger partial charge >= 0.3 is 0 Å². The second kappa shape index (κ2) is 10.1. The van der Waals surface area contributed by atoms with Crippen LogP contribution >= 0.6 is 12.6 Å². The fraction of sp³-hybridized carbons (Fsp3) is 0.393. The van der Waals surface area contributed by atoms with E-state index in [0.717, 1.165) is 24.1 Å². The van der Waals surface area contributed by atoms with Crippen molar-refractivity contribution in [1.29, 1.82) is 0 Å². The highest BCUT2D eigenvalue weighted by Crippen LogP contribution is 2.41. The number of ether oxygens (including phenoxy) is 2. The summed E-state index contributed by atoms with van der Waals surface area (Å²) in [4.78, 5) is 8.79. The number of benzene rings is 1. The van der Waals surface area contributed by atoms with E-state index in [-0.39, 0.29) is 41.7 Å². The van der Waals surface area contributed by atoms with Crippen molar-refractivity contribution < 1.29 is 18.3 Å². The third-order valence-electron chi connectivity index (χ3n) is 8.05. The molecule has 4 atom stereocenters. The minimum absolute atomic E-state index is 0.00801. The van der Waals surface area contributed by atoms with Crippen LogP contribution in [0.15, 0.2) is 48.9 Å². The number of anilines is 2. The van der Waals surface area contributed by atoms with Crippen LogP contribution < -0.4 is 11.1 Å². The van der Waals surface area contributed by atoms with Crippen molar-refractivity contribution in [2.75, 3.05) is 25.6 Å². The number of halogens is 2. The van der Waals surface area contributed by atoms with Crippen LogP contribution in [0.5, 0.6) is 0 Å². The molecule has 8 nitrogen and oxygen atoms in total. The van der Waals surface area contributed by atoms with Crippen LogP contribution in [0.1, 0.15) is 36.8 Å². The van der Waals surface area contributed by atoms with Crippen LogP contribution in [0.2, 0.25) is 0 Å². The van der Waals surface area contributed by atoms with Crippen molar-refractivity contribution >= 4 is 29.8 Å². The molecule has 1 aliphatic heterocycles. The van der Waals surface area contributed by atoms with E-state index in [1.807, 2.05) is 6.07 Å². The molecule has 1 aromatic carbocycles. The molecule has 3 N–H and O–H groups in total. The van der Waals surface area contributed by atoms with E-state index in [0.29, 0.717) is 22.9 Å². The minimum Gasteiger partial charge on any atom is -0.375 e. The molecule has 1 saturated heterocycles. The van der Waals surface area contributed by atoms with Crippen LogP contribution in [0, 0.1) is 17.6 Å². The zero-order valence-electron chi connectivity index (χ0n) is 21.6. The second-order valence-electron chi connectivity index (χ2n) is 10.5. The van der Waals surface area contributed by atoms with E-state index in [4.69, 9.17) is 15.2 Å². The highest BCUT2D eigenvalue weighted by Gasteiger charge is 2.41. The van der Waals surface area contributed by atoms with Crippen LogP contribution in [0.25, 0.3) is 16.8 Å². The first-order chi connectivity index (χ1) is 18.8. The summed E-state index contributed by atoms with van der Waals surface area (Å²) in [6.45, 7) is 2.66. The summed E-state index contributed by atoms with van der Waals surface area (Å²) in [6.07, 6.45) is 6.93. The zero-order chi connectivity index (χ0) is 27.3. The third-order valence-corrected chi connectivity index (χ3v) is 8.94. The van der Waals surface area contributed by atoms with Gasteiger partial charge in [0, 0.05) is 24.6 Å². The molecule has 0 spiro atoms. The molecule has 2 fully saturated rings. The number of hydrogen-bond donors (Lipinski definition) is 3. The number of rotatable bonds is 6. The smallest absolute Gasteiger partial charge is 0.229 e. The van der Waals surface area contributed by atoms with Gasteiger partial charge in [0.25, 0.3) is 0 Å². The SMILES string of the molecule is COC1(c2cc(F)c(-c3ccc4cnc(Nc5cnccc5[C@H]5C[C@@H](N)[C@H](S)[C@@H](C)C5)n4n3)c(F)c2)COC1. The number of pyridine rings is 1. The molecule has 204 valence electrons. The molecule has 2 aliphatic rings. The molecule has 11 heteroatoms. The monoisotopic (exact) mass is 552 g/mol. The van der Waals surface area contributed by atoms with E-state index in [2.05, 4.69) is 39.9 Å². The van der Waals surface area contributed by atoms with Crippen molar-refractivity contribution in [3.63, 3.8) is 0 Å². The summed E-state index contributed by atoms with van der Waals surface area (Å²) in [5, 5.41) is 8.06. The van der Waals surface area contributed by atoms with Crippen LogP contribution in [0.3, 0.4) is 0 Å². The molecule has 0 radical (unpaired) electrons. The Kier molecular flexibility index (Phi) is 6.78. The van der Waals surface area contributed by atoms with Crippen molar-refractivity contribution in [3.8, 4) is 11.3 Å². The molecule has 0 bridgehead atoms. The fourth-order valence-electron chi connectivity index (χ4n) is 5.69. The third kappa shape index (κ3) is 4.57. The van der Waals surface area contributed by atoms with E-state index in [1.54, 1.807) is 30.7 Å². The highest BCUT2D eigenvalue weighted by atomic mass is 32.1. The van der Waals surface area contributed by atoms with E-state index >= 15 is 8.78 Å². The Morgan fingerprint density at radius 1 is 1.15 bits per heavy atom. The Morgan fingerprint density at radius 2 is 1.92 bits per heavy atom.